The maximum atomic E-state index is 11.9. The van der Waals surface area contributed by atoms with E-state index in [1.807, 2.05) is 26.8 Å². The Morgan fingerprint density at radius 2 is 1.96 bits per heavy atom. The number of carboxylic acid groups (broad SMARTS) is 1. The molecule has 27 heavy (non-hydrogen) atoms. The van der Waals surface area contributed by atoms with Crippen LogP contribution in [0.3, 0.4) is 0 Å². The van der Waals surface area contributed by atoms with Gasteiger partial charge in [-0.25, -0.2) is 4.79 Å². The normalized spacial score (nSPS) is 24.4. The summed E-state index contributed by atoms with van der Waals surface area (Å²) in [6, 6.07) is 4.01. The summed E-state index contributed by atoms with van der Waals surface area (Å²) in [6.45, 7) is 9.99. The molecule has 0 aromatic heterocycles. The molecule has 1 unspecified atom stereocenters. The van der Waals surface area contributed by atoms with Crippen molar-refractivity contribution in [2.75, 3.05) is 32.7 Å². The molecule has 6 nitrogen and oxygen atoms in total. The first-order valence-electron chi connectivity index (χ1n) is 9.86. The van der Waals surface area contributed by atoms with Crippen molar-refractivity contribution in [2.45, 2.75) is 51.7 Å². The molecule has 1 amide bonds. The van der Waals surface area contributed by atoms with Gasteiger partial charge in [0.25, 0.3) is 6.09 Å². The van der Waals surface area contributed by atoms with Crippen LogP contribution in [0.5, 0.6) is 0 Å². The largest absolute Gasteiger partial charge is 0.498 e. The van der Waals surface area contributed by atoms with Crippen LogP contribution in [-0.4, -0.2) is 59.7 Å². The highest BCUT2D eigenvalue weighted by Crippen LogP contribution is 2.39. The molecule has 1 saturated heterocycles. The van der Waals surface area contributed by atoms with E-state index in [1.54, 1.807) is 0 Å². The zero-order valence-electron chi connectivity index (χ0n) is 16.4. The molecular formula is C21H28N2O4. The minimum absolute atomic E-state index is 0.0255. The van der Waals surface area contributed by atoms with Gasteiger partial charge in [-0.3, -0.25) is 9.38 Å². The van der Waals surface area contributed by atoms with Crippen LogP contribution >= 0.6 is 0 Å². The van der Waals surface area contributed by atoms with E-state index < -0.39 is 6.09 Å². The zero-order valence-corrected chi connectivity index (χ0v) is 16.4. The molecule has 6 heteroatoms. The number of fused-ring (bicyclic) bond motifs is 3. The molecule has 1 fully saturated rings. The third-order valence-corrected chi connectivity index (χ3v) is 6.93. The highest BCUT2D eigenvalue weighted by atomic mass is 16.5. The highest BCUT2D eigenvalue weighted by molar-refractivity contribution is 5.94. The second-order valence-corrected chi connectivity index (χ2v) is 9.12. The van der Waals surface area contributed by atoms with Gasteiger partial charge in [-0.05, 0) is 56.7 Å². The third kappa shape index (κ3) is 2.86. The van der Waals surface area contributed by atoms with E-state index in [-0.39, 0.29) is 16.0 Å². The molecule has 2 aliphatic heterocycles. The van der Waals surface area contributed by atoms with Gasteiger partial charge >= 0.3 is 5.97 Å². The maximum absolute atomic E-state index is 11.9. The smallest absolute Gasteiger partial charge is 0.338 e. The van der Waals surface area contributed by atoms with E-state index in [4.69, 9.17) is 4.74 Å². The number of rotatable bonds is 2. The summed E-state index contributed by atoms with van der Waals surface area (Å²) in [5.41, 5.74) is 4.09. The maximum Gasteiger partial charge on any atom is 0.338 e. The van der Waals surface area contributed by atoms with E-state index in [2.05, 4.69) is 11.0 Å². The lowest BCUT2D eigenvalue weighted by molar-refractivity contribution is -0.923. The Morgan fingerprint density at radius 3 is 2.59 bits per heavy atom. The van der Waals surface area contributed by atoms with Crippen molar-refractivity contribution in [3.8, 4) is 0 Å². The third-order valence-electron chi connectivity index (χ3n) is 6.93. The number of hydrogen-bond acceptors (Lipinski definition) is 5. The average molecular weight is 372 g/mol. The summed E-state index contributed by atoms with van der Waals surface area (Å²) >= 11 is 0. The van der Waals surface area contributed by atoms with Crippen LogP contribution in [0.15, 0.2) is 12.1 Å². The molecule has 1 aliphatic carbocycles. The average Bonchev–Trinajstić information content (AvgIpc) is 3.18. The van der Waals surface area contributed by atoms with Crippen LogP contribution in [0.25, 0.3) is 0 Å². The highest BCUT2D eigenvalue weighted by Gasteiger charge is 2.45. The van der Waals surface area contributed by atoms with E-state index in [1.165, 1.54) is 11.1 Å². The fourth-order valence-corrected chi connectivity index (χ4v) is 5.09. The number of carbonyl (C=O) groups is 2. The van der Waals surface area contributed by atoms with Gasteiger partial charge in [-0.15, -0.1) is 0 Å². The Morgan fingerprint density at radius 1 is 1.26 bits per heavy atom. The summed E-state index contributed by atoms with van der Waals surface area (Å²) in [5.74, 6) is 0.240. The summed E-state index contributed by atoms with van der Waals surface area (Å²) in [7, 11) is 0. The quantitative estimate of drug-likeness (QED) is 0.583. The molecule has 2 heterocycles. The fraction of sp³-hybridized carbons (Fsp3) is 0.619. The second-order valence-electron chi connectivity index (χ2n) is 9.12. The molecule has 0 bridgehead atoms. The molecule has 3 aliphatic rings. The number of ether oxygens (including phenoxy) is 1. The van der Waals surface area contributed by atoms with Crippen LogP contribution in [0.1, 0.15) is 60.2 Å². The number of esters is 1. The lowest BCUT2D eigenvalue weighted by Crippen LogP contribution is -2.73. The lowest BCUT2D eigenvalue weighted by atomic mass is 9.95. The first kappa shape index (κ1) is 18.4. The number of piperazine rings is 1. The molecule has 1 aromatic carbocycles. The van der Waals surface area contributed by atoms with E-state index in [0.29, 0.717) is 25.6 Å². The molecule has 4 rings (SSSR count). The fourth-order valence-electron chi connectivity index (χ4n) is 5.09. The number of cyclic esters (lactones) is 1. The van der Waals surface area contributed by atoms with Gasteiger partial charge in [0.2, 0.25) is 0 Å². The zero-order chi connectivity index (χ0) is 19.4. The number of carbonyl (C=O) groups excluding carboxylic acids is 2. The minimum atomic E-state index is -0.964. The molecule has 1 atom stereocenters. The number of hydrogen-bond donors (Lipinski definition) is 0. The van der Waals surface area contributed by atoms with Crippen LogP contribution in [0.4, 0.5) is 4.79 Å². The Kier molecular flexibility index (Phi) is 4.31. The predicted octanol–water partition coefficient (Wildman–Crippen LogP) is 1.66. The van der Waals surface area contributed by atoms with Crippen molar-refractivity contribution in [2.24, 2.45) is 0 Å². The number of amides is 1. The topological polar surface area (TPSA) is 69.7 Å². The van der Waals surface area contributed by atoms with Crippen LogP contribution in [0.2, 0.25) is 0 Å². The first-order chi connectivity index (χ1) is 12.7. The Hall–Kier alpha value is -1.92. The van der Waals surface area contributed by atoms with Gasteiger partial charge in [0, 0.05) is 25.2 Å². The number of benzene rings is 1. The minimum Gasteiger partial charge on any atom is -0.498 e. The van der Waals surface area contributed by atoms with Crippen molar-refractivity contribution in [3.63, 3.8) is 0 Å². The van der Waals surface area contributed by atoms with Crippen molar-refractivity contribution >= 4 is 12.1 Å². The van der Waals surface area contributed by atoms with Gasteiger partial charge < -0.3 is 14.6 Å². The molecule has 0 N–H and O–H groups in total. The van der Waals surface area contributed by atoms with Gasteiger partial charge in [0.1, 0.15) is 6.61 Å². The molecule has 0 radical (unpaired) electrons. The lowest BCUT2D eigenvalue weighted by Gasteiger charge is -2.52. The van der Waals surface area contributed by atoms with Crippen LogP contribution in [0, 0.1) is 0 Å². The molecule has 0 spiro atoms. The summed E-state index contributed by atoms with van der Waals surface area (Å²) in [4.78, 5) is 26.0. The molecule has 146 valence electrons. The van der Waals surface area contributed by atoms with Gasteiger partial charge in [0.15, 0.2) is 0 Å². The molecular weight excluding hydrogens is 344 g/mol. The van der Waals surface area contributed by atoms with Crippen LogP contribution in [-0.2, 0) is 17.8 Å². The monoisotopic (exact) mass is 372 g/mol. The number of quaternary nitrogens is 1. The van der Waals surface area contributed by atoms with Crippen molar-refractivity contribution in [3.05, 3.63) is 34.4 Å². The van der Waals surface area contributed by atoms with Gasteiger partial charge in [0.05, 0.1) is 24.2 Å². The molecule has 0 saturated carbocycles. The van der Waals surface area contributed by atoms with Gasteiger partial charge in [-0.2, -0.15) is 0 Å². The van der Waals surface area contributed by atoms with E-state index in [0.717, 1.165) is 43.6 Å². The van der Waals surface area contributed by atoms with Crippen LogP contribution < -0.4 is 5.11 Å². The van der Waals surface area contributed by atoms with Crippen molar-refractivity contribution < 1.29 is 23.9 Å². The van der Waals surface area contributed by atoms with Crippen molar-refractivity contribution in [1.29, 1.82) is 0 Å². The summed E-state index contributed by atoms with van der Waals surface area (Å²) in [6.07, 6.45) is 1.11. The SMILES string of the molecule is CC(C)(C)[N+]1(C(=O)[O-])CCN(CC2CCc3c2ccc2c3COC2=O)CC1. The first-order valence-corrected chi connectivity index (χ1v) is 9.86. The Balaban J connectivity index is 1.46. The standard InChI is InChI=1S/C21H28N2O4/c1-21(2,3)23(20(25)26)10-8-22(9-11-23)12-14-4-5-16-15(14)6-7-17-18(16)13-27-19(17)24/h6-7,14H,4-5,8-13H2,1-3H3. The van der Waals surface area contributed by atoms with Gasteiger partial charge in [-0.1, -0.05) is 6.07 Å². The van der Waals surface area contributed by atoms with Crippen molar-refractivity contribution in [1.82, 2.24) is 4.90 Å². The summed E-state index contributed by atoms with van der Waals surface area (Å²) < 4.78 is 5.22. The summed E-state index contributed by atoms with van der Waals surface area (Å²) in [5, 5.41) is 11.9. The van der Waals surface area contributed by atoms with E-state index in [9.17, 15) is 14.7 Å². The Labute approximate surface area is 160 Å². The number of nitrogens with zero attached hydrogens (tertiary/aromatic N) is 2. The predicted molar refractivity (Wildman–Crippen MR) is 98.2 cm³/mol. The van der Waals surface area contributed by atoms with E-state index >= 15 is 0 Å². The second kappa shape index (κ2) is 6.31. The Bertz CT molecular complexity index is 788. The molecule has 1 aromatic rings.